The van der Waals surface area contributed by atoms with Crippen molar-refractivity contribution in [1.82, 2.24) is 0 Å². The first-order chi connectivity index (χ1) is 16.5. The van der Waals surface area contributed by atoms with Crippen LogP contribution in [-0.4, -0.2) is 0 Å². The summed E-state index contributed by atoms with van der Waals surface area (Å²) in [6, 6.07) is 13.4. The molecule has 4 heteroatoms. The normalized spacial score (nSPS) is 13.1. The van der Waals surface area contributed by atoms with Crippen LogP contribution in [0.5, 0.6) is 0 Å². The Morgan fingerprint density at radius 1 is 0.657 bits per heavy atom. The monoisotopic (exact) mass is 673 g/mol. The average Bonchev–Trinajstić information content (AvgIpc) is 3.28. The van der Waals surface area contributed by atoms with Crippen LogP contribution in [0.3, 0.4) is 0 Å². The van der Waals surface area contributed by atoms with Gasteiger partial charge >= 0.3 is 28.2 Å². The second-order valence-electron chi connectivity index (χ2n) is 10.3. The molecule has 0 N–H and O–H groups in total. The van der Waals surface area contributed by atoms with Gasteiger partial charge in [-0.3, -0.25) is 0 Å². The third-order valence-corrected chi connectivity index (χ3v) is 5.75. The number of benzene rings is 2. The van der Waals surface area contributed by atoms with Crippen LogP contribution in [0.4, 0.5) is 11.4 Å². The molecule has 0 unspecified atom stereocenters. The van der Waals surface area contributed by atoms with Crippen LogP contribution in [0.2, 0.25) is 0 Å². The molecule has 0 saturated heterocycles. The molecule has 0 aromatic heterocycles. The Morgan fingerprint density at radius 3 is 1.09 bits per heavy atom. The summed E-state index contributed by atoms with van der Waals surface area (Å²) >= 11 is 1.61. The predicted molar refractivity (Wildman–Crippen MR) is 152 cm³/mol. The Kier molecular flexibility index (Phi) is 13.7. The maximum absolute atomic E-state index is 4.61. The van der Waals surface area contributed by atoms with Crippen molar-refractivity contribution in [2.45, 2.75) is 86.0 Å². The molecule has 0 saturated carbocycles. The van der Waals surface area contributed by atoms with E-state index < -0.39 is 0 Å². The molecule has 0 atom stereocenters. The zero-order valence-corrected chi connectivity index (χ0v) is 26.0. The van der Waals surface area contributed by atoms with Gasteiger partial charge in [-0.05, 0) is 65.7 Å². The first-order valence-electron chi connectivity index (χ1n) is 12.3. The van der Waals surface area contributed by atoms with E-state index in [1.165, 1.54) is 33.6 Å². The topological polar surface area (TPSA) is 6.48 Å². The standard InChI is InChI=1S/C27H36N2.C4H7.ClH.Pt/c1-18(2)22-11-9-12-23(19(3)4)26(22)28-15-16-29(17-28)27-24(20(5)6)13-10-14-25(27)21(7)8;1-4(2)3;;/h9-16,18-21H,1-8H3;1-2H2,3H3;1H;/q;;;+2/p-1. The van der Waals surface area contributed by atoms with Crippen molar-refractivity contribution in [3.05, 3.63) is 97.5 Å². The first-order valence-corrected chi connectivity index (χ1v) is 15.1. The molecule has 2 aromatic carbocycles. The Morgan fingerprint density at radius 2 is 0.886 bits per heavy atom. The van der Waals surface area contributed by atoms with Gasteiger partial charge in [0.2, 0.25) is 6.67 Å². The van der Waals surface area contributed by atoms with Crippen molar-refractivity contribution in [1.29, 1.82) is 0 Å². The Hall–Kier alpha value is -1.24. The second kappa shape index (κ2) is 15.1. The number of nitrogens with zero attached hydrogens (tertiary/aromatic N) is 2. The summed E-state index contributed by atoms with van der Waals surface area (Å²) in [5.74, 6) is 2.76. The molecule has 1 aliphatic heterocycles. The third-order valence-electron chi connectivity index (χ3n) is 5.75. The molecule has 0 amide bonds. The van der Waals surface area contributed by atoms with E-state index in [4.69, 9.17) is 0 Å². The predicted octanol–water partition coefficient (Wildman–Crippen LogP) is 9.91. The van der Waals surface area contributed by atoms with Crippen LogP contribution in [0.25, 0.3) is 0 Å². The minimum absolute atomic E-state index is 0.460. The van der Waals surface area contributed by atoms with Crippen LogP contribution in [0.1, 0.15) is 108 Å². The van der Waals surface area contributed by atoms with Gasteiger partial charge in [0, 0.05) is 12.4 Å². The second-order valence-corrected chi connectivity index (χ2v) is 10.3. The minimum atomic E-state index is 0.460. The Bertz CT molecular complexity index is 805. The fourth-order valence-corrected chi connectivity index (χ4v) is 4.14. The number of hydrogen-bond donors (Lipinski definition) is 0. The van der Waals surface area contributed by atoms with E-state index in [1.54, 1.807) is 18.8 Å². The van der Waals surface area contributed by atoms with Gasteiger partial charge in [0.15, 0.2) is 0 Å². The number of anilines is 2. The van der Waals surface area contributed by atoms with Crippen LogP contribution in [0.15, 0.2) is 48.8 Å². The summed E-state index contributed by atoms with van der Waals surface area (Å²) in [7, 11) is 4.61. The van der Waals surface area contributed by atoms with Gasteiger partial charge in [-0.25, -0.2) is 0 Å². The molecule has 5 radical (unpaired) electrons. The van der Waals surface area contributed by atoms with Crippen molar-refractivity contribution < 1.29 is 18.8 Å². The van der Waals surface area contributed by atoms with Gasteiger partial charge < -0.3 is 9.80 Å². The molecule has 0 aliphatic carbocycles. The summed E-state index contributed by atoms with van der Waals surface area (Å²) in [5.41, 5.74) is 8.05. The van der Waals surface area contributed by atoms with E-state index in [1.807, 2.05) is 6.92 Å². The van der Waals surface area contributed by atoms with Crippen LogP contribution in [-0.2, 0) is 18.8 Å². The van der Waals surface area contributed by atoms with E-state index in [0.717, 1.165) is 5.92 Å². The Balaban J connectivity index is 0.000000926. The van der Waals surface area contributed by atoms with E-state index in [2.05, 4.69) is 144 Å². The van der Waals surface area contributed by atoms with Crippen molar-refractivity contribution in [3.63, 3.8) is 0 Å². The zero-order valence-electron chi connectivity index (χ0n) is 22.9. The molecule has 1 aliphatic rings. The molecule has 3 rings (SSSR count). The molecule has 0 spiro atoms. The summed E-state index contributed by atoms with van der Waals surface area (Å²) in [6.07, 6.45) is 4.32. The van der Waals surface area contributed by atoms with Gasteiger partial charge in [0.05, 0.1) is 11.4 Å². The quantitative estimate of drug-likeness (QED) is 0.301. The average molecular weight is 674 g/mol. The molecule has 0 fully saturated rings. The van der Waals surface area contributed by atoms with E-state index in [9.17, 15) is 0 Å². The SMILES string of the molecule is CC(C)c1cccc(C(C)C)c1N1[C]N(c2c(C(C)C)cccc2C(C)C)C=C1.[CH2][C]([CH2])C.[Cl][Pt+]. The molecule has 1 heterocycles. The molecule has 35 heavy (non-hydrogen) atoms. The maximum atomic E-state index is 4.61. The summed E-state index contributed by atoms with van der Waals surface area (Å²) < 4.78 is 0. The van der Waals surface area contributed by atoms with Crippen molar-refractivity contribution >= 4 is 20.8 Å². The zero-order chi connectivity index (χ0) is 26.9. The van der Waals surface area contributed by atoms with Crippen molar-refractivity contribution in [2.24, 2.45) is 0 Å². The Labute approximate surface area is 232 Å². The molecule has 2 nitrogen and oxygen atoms in total. The molecule has 2 aromatic rings. The van der Waals surface area contributed by atoms with E-state index in [-0.39, 0.29) is 0 Å². The number of rotatable bonds is 6. The van der Waals surface area contributed by atoms with Gasteiger partial charge in [0.1, 0.15) is 0 Å². The molecule has 0 bridgehead atoms. The summed E-state index contributed by atoms with van der Waals surface area (Å²) in [5, 5.41) is 0. The van der Waals surface area contributed by atoms with Gasteiger partial charge in [0.25, 0.3) is 0 Å². The van der Waals surface area contributed by atoms with E-state index in [0.29, 0.717) is 23.7 Å². The van der Waals surface area contributed by atoms with Gasteiger partial charge in [-0.15, -0.1) is 0 Å². The molecular weight excluding hydrogens is 631 g/mol. The number of hydrogen-bond acceptors (Lipinski definition) is 2. The van der Waals surface area contributed by atoms with Crippen LogP contribution >= 0.6 is 9.42 Å². The number of halogens is 1. The third kappa shape index (κ3) is 8.68. The van der Waals surface area contributed by atoms with Crippen LogP contribution in [0, 0.1) is 26.4 Å². The molecular formula is C31H43ClN2Pt+. The van der Waals surface area contributed by atoms with E-state index >= 15 is 0 Å². The van der Waals surface area contributed by atoms with Crippen molar-refractivity contribution in [3.8, 4) is 0 Å². The van der Waals surface area contributed by atoms with Crippen LogP contribution < -0.4 is 9.80 Å². The fourth-order valence-electron chi connectivity index (χ4n) is 4.14. The molecule has 193 valence electrons. The van der Waals surface area contributed by atoms with Gasteiger partial charge in [-0.2, -0.15) is 0 Å². The fraction of sp³-hybridized carbons (Fsp3) is 0.419. The summed E-state index contributed by atoms with van der Waals surface area (Å²) in [6.45, 7) is 30.6. The number of para-hydroxylation sites is 2. The first kappa shape index (κ1) is 31.8. The van der Waals surface area contributed by atoms with Gasteiger partial charge in [-0.1, -0.05) is 98.7 Å². The summed E-state index contributed by atoms with van der Waals surface area (Å²) in [4.78, 5) is 4.40. The van der Waals surface area contributed by atoms with Crippen molar-refractivity contribution in [2.75, 3.05) is 9.80 Å².